The third-order valence-electron chi connectivity index (χ3n) is 2.10. The quantitative estimate of drug-likeness (QED) is 0.558. The maximum absolute atomic E-state index is 11.6. The fraction of sp³-hybridized carbons (Fsp3) is 0.231. The molecule has 0 spiro atoms. The number of halogens is 1. The van der Waals surface area contributed by atoms with E-state index in [1.165, 1.54) is 18.3 Å². The maximum Gasteiger partial charge on any atom is 0.325 e. The molecule has 21 heavy (non-hydrogen) atoms. The van der Waals surface area contributed by atoms with Crippen molar-refractivity contribution in [3.63, 3.8) is 0 Å². The van der Waals surface area contributed by atoms with E-state index in [-0.39, 0.29) is 12.2 Å². The summed E-state index contributed by atoms with van der Waals surface area (Å²) in [6.07, 6.45) is 6.31. The van der Waals surface area contributed by atoms with Gasteiger partial charge in [-0.1, -0.05) is 17.5 Å². The van der Waals surface area contributed by atoms with Gasteiger partial charge in [-0.05, 0) is 12.1 Å². The number of hydrogen-bond acceptors (Lipinski definition) is 5. The van der Waals surface area contributed by atoms with Gasteiger partial charge < -0.3 is 15.4 Å². The van der Waals surface area contributed by atoms with Crippen LogP contribution in [0.1, 0.15) is 10.5 Å². The molecule has 0 aliphatic rings. The molecular formula is C13H12ClN3O4. The second kappa shape index (κ2) is 8.55. The molecular weight excluding hydrogens is 298 g/mol. The monoisotopic (exact) mass is 309 g/mol. The van der Waals surface area contributed by atoms with Gasteiger partial charge in [0.25, 0.3) is 11.8 Å². The van der Waals surface area contributed by atoms with Crippen molar-refractivity contribution < 1.29 is 19.1 Å². The van der Waals surface area contributed by atoms with Crippen molar-refractivity contribution in [3.8, 4) is 12.3 Å². The minimum atomic E-state index is -0.763. The first-order valence-corrected chi connectivity index (χ1v) is 6.16. The van der Waals surface area contributed by atoms with E-state index in [1.807, 2.05) is 0 Å². The molecule has 0 saturated carbocycles. The molecule has 1 aromatic rings. The number of aromatic nitrogens is 1. The summed E-state index contributed by atoms with van der Waals surface area (Å²) in [5, 5.41) is 4.96. The van der Waals surface area contributed by atoms with E-state index in [0.29, 0.717) is 5.02 Å². The third-order valence-corrected chi connectivity index (χ3v) is 2.33. The number of esters is 1. The van der Waals surface area contributed by atoms with E-state index in [1.54, 1.807) is 0 Å². The number of carbonyl (C=O) groups excluding carboxylic acids is 3. The van der Waals surface area contributed by atoms with Crippen LogP contribution < -0.4 is 10.6 Å². The van der Waals surface area contributed by atoms with Crippen LogP contribution in [0.4, 0.5) is 0 Å². The zero-order chi connectivity index (χ0) is 15.7. The van der Waals surface area contributed by atoms with Crippen molar-refractivity contribution in [1.29, 1.82) is 0 Å². The highest BCUT2D eigenvalue weighted by Gasteiger charge is 2.11. The van der Waals surface area contributed by atoms with E-state index in [9.17, 15) is 14.4 Å². The Morgan fingerprint density at radius 1 is 1.38 bits per heavy atom. The van der Waals surface area contributed by atoms with Gasteiger partial charge in [-0.3, -0.25) is 19.4 Å². The lowest BCUT2D eigenvalue weighted by atomic mass is 10.3. The number of hydrogen-bond donors (Lipinski definition) is 2. The van der Waals surface area contributed by atoms with Gasteiger partial charge >= 0.3 is 5.97 Å². The van der Waals surface area contributed by atoms with Crippen LogP contribution in [0.2, 0.25) is 5.02 Å². The average Bonchev–Trinajstić information content (AvgIpc) is 2.48. The first-order valence-electron chi connectivity index (χ1n) is 5.78. The number of terminal acetylenes is 1. The maximum atomic E-state index is 11.6. The minimum Gasteiger partial charge on any atom is -0.454 e. The summed E-state index contributed by atoms with van der Waals surface area (Å²) in [4.78, 5) is 37.9. The lowest BCUT2D eigenvalue weighted by Gasteiger charge is -2.06. The first-order chi connectivity index (χ1) is 10.0. The summed E-state index contributed by atoms with van der Waals surface area (Å²) >= 11 is 5.71. The molecule has 8 heteroatoms. The Kier molecular flexibility index (Phi) is 6.71. The molecule has 0 saturated heterocycles. The van der Waals surface area contributed by atoms with E-state index in [0.717, 1.165) is 0 Å². The largest absolute Gasteiger partial charge is 0.454 e. The molecule has 1 heterocycles. The molecule has 1 rings (SSSR count). The van der Waals surface area contributed by atoms with Crippen molar-refractivity contribution in [2.45, 2.75) is 0 Å². The summed E-state index contributed by atoms with van der Waals surface area (Å²) in [6, 6.07) is 2.87. The summed E-state index contributed by atoms with van der Waals surface area (Å²) in [5.74, 6) is 0.338. The van der Waals surface area contributed by atoms with Crippen LogP contribution in [-0.2, 0) is 14.3 Å². The fourth-order valence-corrected chi connectivity index (χ4v) is 1.33. The average molecular weight is 310 g/mol. The van der Waals surface area contributed by atoms with Crippen LogP contribution >= 0.6 is 11.6 Å². The fourth-order valence-electron chi connectivity index (χ4n) is 1.17. The van der Waals surface area contributed by atoms with Crippen LogP contribution in [0.3, 0.4) is 0 Å². The van der Waals surface area contributed by atoms with Crippen LogP contribution in [0.25, 0.3) is 0 Å². The molecule has 0 unspecified atom stereocenters. The Morgan fingerprint density at radius 2 is 2.14 bits per heavy atom. The molecule has 1 aromatic heterocycles. The van der Waals surface area contributed by atoms with Gasteiger partial charge in [-0.15, -0.1) is 6.42 Å². The minimum absolute atomic E-state index is 0.0492. The van der Waals surface area contributed by atoms with Gasteiger partial charge in [0.1, 0.15) is 12.2 Å². The van der Waals surface area contributed by atoms with Crippen LogP contribution in [-0.4, -0.2) is 42.5 Å². The molecule has 0 aromatic carbocycles. The Bertz CT molecular complexity index is 583. The molecule has 0 atom stereocenters. The SMILES string of the molecule is C#CCNC(=O)COC(=O)CNC(=O)c1cc(Cl)ccn1. The number of rotatable bonds is 6. The van der Waals surface area contributed by atoms with Crippen molar-refractivity contribution in [1.82, 2.24) is 15.6 Å². The molecule has 0 radical (unpaired) electrons. The highest BCUT2D eigenvalue weighted by Crippen LogP contribution is 2.07. The highest BCUT2D eigenvalue weighted by atomic mass is 35.5. The van der Waals surface area contributed by atoms with E-state index >= 15 is 0 Å². The van der Waals surface area contributed by atoms with Gasteiger partial charge in [0, 0.05) is 11.2 Å². The van der Waals surface area contributed by atoms with Crippen LogP contribution in [0.15, 0.2) is 18.3 Å². The molecule has 0 aliphatic heterocycles. The summed E-state index contributed by atoms with van der Waals surface area (Å²) in [6.45, 7) is -0.811. The Morgan fingerprint density at radius 3 is 2.81 bits per heavy atom. The standard InChI is InChI=1S/C13H12ClN3O4/c1-2-4-16-11(18)8-21-12(19)7-17-13(20)10-6-9(14)3-5-15-10/h1,3,5-6H,4,7-8H2,(H,16,18)(H,17,20). The molecule has 7 nitrogen and oxygen atoms in total. The number of ether oxygens (including phenoxy) is 1. The third kappa shape index (κ3) is 6.40. The van der Waals surface area contributed by atoms with Gasteiger partial charge in [0.15, 0.2) is 6.61 Å². The number of amides is 2. The first kappa shape index (κ1) is 16.5. The van der Waals surface area contributed by atoms with Crippen LogP contribution in [0.5, 0.6) is 0 Å². The number of carbonyl (C=O) groups is 3. The lowest BCUT2D eigenvalue weighted by molar-refractivity contribution is -0.147. The predicted octanol–water partition coefficient (Wildman–Crippen LogP) is -0.243. The number of nitrogens with one attached hydrogen (secondary N) is 2. The van der Waals surface area contributed by atoms with Gasteiger partial charge in [0.2, 0.25) is 0 Å². The van der Waals surface area contributed by atoms with Crippen molar-refractivity contribution in [2.24, 2.45) is 0 Å². The summed E-state index contributed by atoms with van der Waals surface area (Å²) < 4.78 is 4.63. The lowest BCUT2D eigenvalue weighted by Crippen LogP contribution is -2.34. The van der Waals surface area contributed by atoms with Gasteiger partial charge in [0.05, 0.1) is 6.54 Å². The van der Waals surface area contributed by atoms with Crippen molar-refractivity contribution >= 4 is 29.4 Å². The van der Waals surface area contributed by atoms with E-state index in [2.05, 4.69) is 26.3 Å². The van der Waals surface area contributed by atoms with Crippen molar-refractivity contribution in [2.75, 3.05) is 19.7 Å². The Hall–Kier alpha value is -2.59. The molecule has 2 amide bonds. The summed E-state index contributed by atoms with van der Waals surface area (Å²) in [7, 11) is 0. The Balaban J connectivity index is 2.31. The molecule has 0 fully saturated rings. The van der Waals surface area contributed by atoms with E-state index in [4.69, 9.17) is 18.0 Å². The molecule has 0 aliphatic carbocycles. The number of nitrogens with zero attached hydrogens (tertiary/aromatic N) is 1. The topological polar surface area (TPSA) is 97.4 Å². The van der Waals surface area contributed by atoms with E-state index < -0.39 is 30.9 Å². The highest BCUT2D eigenvalue weighted by molar-refractivity contribution is 6.30. The van der Waals surface area contributed by atoms with Crippen molar-refractivity contribution in [3.05, 3.63) is 29.0 Å². The normalized spacial score (nSPS) is 9.33. The van der Waals surface area contributed by atoms with Gasteiger partial charge in [-0.25, -0.2) is 0 Å². The molecule has 110 valence electrons. The summed E-state index contributed by atoms with van der Waals surface area (Å²) in [5.41, 5.74) is 0.0714. The van der Waals surface area contributed by atoms with Gasteiger partial charge in [-0.2, -0.15) is 0 Å². The molecule has 0 bridgehead atoms. The zero-order valence-electron chi connectivity index (χ0n) is 10.9. The zero-order valence-corrected chi connectivity index (χ0v) is 11.6. The van der Waals surface area contributed by atoms with Crippen LogP contribution in [0, 0.1) is 12.3 Å². The molecule has 2 N–H and O–H groups in total. The Labute approximate surface area is 126 Å². The number of pyridine rings is 1. The second-order valence-corrected chi connectivity index (χ2v) is 4.12. The second-order valence-electron chi connectivity index (χ2n) is 3.68. The predicted molar refractivity (Wildman–Crippen MR) is 74.4 cm³/mol. The smallest absolute Gasteiger partial charge is 0.325 e.